The molecule has 1 heterocycles. The molecule has 0 unspecified atom stereocenters. The van der Waals surface area contributed by atoms with E-state index in [9.17, 15) is 17.6 Å². The van der Waals surface area contributed by atoms with Crippen LogP contribution in [-0.4, -0.2) is 51.0 Å². The van der Waals surface area contributed by atoms with E-state index in [2.05, 4.69) is 19.2 Å². The summed E-state index contributed by atoms with van der Waals surface area (Å²) in [5, 5.41) is 2.91. The molecule has 1 amide bonds. The van der Waals surface area contributed by atoms with Crippen LogP contribution in [0.3, 0.4) is 0 Å². The van der Waals surface area contributed by atoms with Gasteiger partial charge in [-0.15, -0.1) is 0 Å². The van der Waals surface area contributed by atoms with E-state index in [-0.39, 0.29) is 29.6 Å². The largest absolute Gasteiger partial charge is 0.379 e. The molecule has 3 rings (SSSR count). The Balaban J connectivity index is 1.81. The van der Waals surface area contributed by atoms with Crippen molar-refractivity contribution < 1.29 is 22.3 Å². The van der Waals surface area contributed by atoms with Crippen LogP contribution in [0.5, 0.6) is 0 Å². The molecule has 2 aliphatic rings. The molecule has 1 saturated heterocycles. The first kappa shape index (κ1) is 20.2. The van der Waals surface area contributed by atoms with Crippen molar-refractivity contribution in [2.75, 3.05) is 26.3 Å². The van der Waals surface area contributed by atoms with E-state index in [4.69, 9.17) is 4.74 Å². The van der Waals surface area contributed by atoms with Gasteiger partial charge in [0.1, 0.15) is 5.82 Å². The molecular weight excluding hydrogens is 371 g/mol. The SMILES string of the molecule is C[C@H]1[C@H](C)CCC[C@@H]1NC(=O)c1cc(S(=O)(=O)N2CCOCC2)ccc1F. The number of hydrogen-bond acceptors (Lipinski definition) is 4. The van der Waals surface area contributed by atoms with Crippen LogP contribution in [0.15, 0.2) is 23.1 Å². The number of carbonyl (C=O) groups excluding carboxylic acids is 1. The normalized spacial score (nSPS) is 27.3. The van der Waals surface area contributed by atoms with Crippen molar-refractivity contribution in [1.82, 2.24) is 9.62 Å². The summed E-state index contributed by atoms with van der Waals surface area (Å²) in [6, 6.07) is 3.38. The number of nitrogens with zero attached hydrogens (tertiary/aromatic N) is 1. The molecule has 8 heteroatoms. The fraction of sp³-hybridized carbons (Fsp3) is 0.632. The minimum atomic E-state index is -3.78. The Kier molecular flexibility index (Phi) is 6.18. The summed E-state index contributed by atoms with van der Waals surface area (Å²) in [5.41, 5.74) is -0.227. The van der Waals surface area contributed by atoms with Crippen molar-refractivity contribution in [3.05, 3.63) is 29.6 Å². The lowest BCUT2D eigenvalue weighted by atomic mass is 9.78. The molecule has 0 spiro atoms. The number of ether oxygens (including phenoxy) is 1. The topological polar surface area (TPSA) is 75.7 Å². The Labute approximate surface area is 160 Å². The Morgan fingerprint density at radius 1 is 1.22 bits per heavy atom. The molecule has 0 aromatic heterocycles. The number of benzene rings is 1. The first-order valence-electron chi connectivity index (χ1n) is 9.49. The molecule has 2 fully saturated rings. The number of nitrogens with one attached hydrogen (secondary N) is 1. The Morgan fingerprint density at radius 2 is 1.93 bits per heavy atom. The average Bonchev–Trinajstić information content (AvgIpc) is 2.66. The molecule has 3 atom stereocenters. The van der Waals surface area contributed by atoms with Crippen molar-refractivity contribution >= 4 is 15.9 Å². The van der Waals surface area contributed by atoms with Crippen molar-refractivity contribution in [1.29, 1.82) is 0 Å². The molecule has 6 nitrogen and oxygen atoms in total. The summed E-state index contributed by atoms with van der Waals surface area (Å²) >= 11 is 0. The molecule has 1 aliphatic carbocycles. The third-order valence-corrected chi connectivity index (χ3v) is 7.71. The zero-order chi connectivity index (χ0) is 19.6. The number of morpholine rings is 1. The van der Waals surface area contributed by atoms with Crippen molar-refractivity contribution in [3.63, 3.8) is 0 Å². The molecule has 1 aromatic carbocycles. The van der Waals surface area contributed by atoms with Gasteiger partial charge in [0.15, 0.2) is 0 Å². The van der Waals surface area contributed by atoms with Crippen LogP contribution in [0.4, 0.5) is 4.39 Å². The van der Waals surface area contributed by atoms with E-state index >= 15 is 0 Å². The van der Waals surface area contributed by atoms with Gasteiger partial charge in [-0.2, -0.15) is 4.31 Å². The summed E-state index contributed by atoms with van der Waals surface area (Å²) in [6.07, 6.45) is 2.99. The van der Waals surface area contributed by atoms with Crippen LogP contribution in [0.2, 0.25) is 0 Å². The second kappa shape index (κ2) is 8.24. The third-order valence-electron chi connectivity index (χ3n) is 5.81. The molecule has 27 heavy (non-hydrogen) atoms. The van der Waals surface area contributed by atoms with Crippen molar-refractivity contribution in [2.45, 2.75) is 44.0 Å². The van der Waals surface area contributed by atoms with Gasteiger partial charge in [-0.05, 0) is 36.5 Å². The molecule has 0 radical (unpaired) electrons. The molecular formula is C19H27FN2O4S. The lowest BCUT2D eigenvalue weighted by molar-refractivity contribution is 0.0730. The molecule has 150 valence electrons. The highest BCUT2D eigenvalue weighted by Gasteiger charge is 2.31. The molecule has 0 bridgehead atoms. The number of hydrogen-bond donors (Lipinski definition) is 1. The summed E-state index contributed by atoms with van der Waals surface area (Å²) in [5.74, 6) is -0.490. The van der Waals surface area contributed by atoms with Gasteiger partial charge >= 0.3 is 0 Å². The van der Waals surface area contributed by atoms with Crippen LogP contribution in [0.1, 0.15) is 43.5 Å². The summed E-state index contributed by atoms with van der Waals surface area (Å²) in [7, 11) is -3.78. The first-order valence-corrected chi connectivity index (χ1v) is 10.9. The van der Waals surface area contributed by atoms with Crippen molar-refractivity contribution in [3.8, 4) is 0 Å². The number of halogens is 1. The quantitative estimate of drug-likeness (QED) is 0.845. The average molecular weight is 399 g/mol. The highest BCUT2D eigenvalue weighted by atomic mass is 32.2. The highest BCUT2D eigenvalue weighted by Crippen LogP contribution is 2.30. The lowest BCUT2D eigenvalue weighted by Gasteiger charge is -2.34. The maximum absolute atomic E-state index is 14.3. The number of sulfonamides is 1. The minimum Gasteiger partial charge on any atom is -0.379 e. The maximum atomic E-state index is 14.3. The van der Waals surface area contributed by atoms with E-state index in [1.54, 1.807) is 0 Å². The highest BCUT2D eigenvalue weighted by molar-refractivity contribution is 7.89. The zero-order valence-corrected chi connectivity index (χ0v) is 16.6. The summed E-state index contributed by atoms with van der Waals surface area (Å²) in [4.78, 5) is 12.6. The second-order valence-corrected chi connectivity index (χ2v) is 9.44. The van der Waals surface area contributed by atoms with Gasteiger partial charge in [-0.3, -0.25) is 4.79 Å². The van der Waals surface area contributed by atoms with Gasteiger partial charge in [0.25, 0.3) is 5.91 Å². The van der Waals surface area contributed by atoms with Gasteiger partial charge in [0, 0.05) is 19.1 Å². The van der Waals surface area contributed by atoms with Crippen LogP contribution in [0.25, 0.3) is 0 Å². The van der Waals surface area contributed by atoms with Gasteiger partial charge in [0.05, 0.1) is 23.7 Å². The Bertz CT molecular complexity index is 793. The van der Waals surface area contributed by atoms with Crippen LogP contribution >= 0.6 is 0 Å². The third kappa shape index (κ3) is 4.33. The van der Waals surface area contributed by atoms with Crippen molar-refractivity contribution in [2.24, 2.45) is 11.8 Å². The molecule has 1 aliphatic heterocycles. The van der Waals surface area contributed by atoms with Gasteiger partial charge in [-0.1, -0.05) is 26.7 Å². The van der Waals surface area contributed by atoms with Crippen LogP contribution < -0.4 is 5.32 Å². The Hall–Kier alpha value is -1.51. The first-order chi connectivity index (χ1) is 12.8. The fourth-order valence-electron chi connectivity index (χ4n) is 3.81. The predicted molar refractivity (Wildman–Crippen MR) is 99.4 cm³/mol. The Morgan fingerprint density at radius 3 is 2.63 bits per heavy atom. The lowest BCUT2D eigenvalue weighted by Crippen LogP contribution is -2.44. The second-order valence-electron chi connectivity index (χ2n) is 7.51. The zero-order valence-electron chi connectivity index (χ0n) is 15.8. The van der Waals surface area contributed by atoms with Crippen LogP contribution in [0, 0.1) is 17.7 Å². The minimum absolute atomic E-state index is 0.0276. The summed E-state index contributed by atoms with van der Waals surface area (Å²) < 4.78 is 46.3. The number of rotatable bonds is 4. The monoisotopic (exact) mass is 398 g/mol. The smallest absolute Gasteiger partial charge is 0.254 e. The molecule has 1 saturated carbocycles. The van der Waals surface area contributed by atoms with E-state index in [0.717, 1.165) is 31.4 Å². The summed E-state index contributed by atoms with van der Waals surface area (Å²) in [6.45, 7) is 5.39. The maximum Gasteiger partial charge on any atom is 0.254 e. The van der Waals surface area contributed by atoms with E-state index < -0.39 is 21.7 Å². The van der Waals surface area contributed by atoms with Gasteiger partial charge < -0.3 is 10.1 Å². The number of carbonyl (C=O) groups is 1. The van der Waals surface area contributed by atoms with Crippen LogP contribution in [-0.2, 0) is 14.8 Å². The van der Waals surface area contributed by atoms with E-state index in [0.29, 0.717) is 25.0 Å². The standard InChI is InChI=1S/C19H27FN2O4S/c1-13-4-3-5-18(14(13)2)21-19(23)16-12-15(6-7-17(16)20)27(24,25)22-8-10-26-11-9-22/h6-7,12-14,18H,3-5,8-11H2,1-2H3,(H,21,23)/t13-,14+,18+/m1/s1. The van der Waals surface area contributed by atoms with Gasteiger partial charge in [0.2, 0.25) is 10.0 Å². The molecule has 1 N–H and O–H groups in total. The number of amides is 1. The van der Waals surface area contributed by atoms with Gasteiger partial charge in [-0.25, -0.2) is 12.8 Å². The predicted octanol–water partition coefficient (Wildman–Crippen LogP) is 2.40. The molecule has 1 aromatic rings. The van der Waals surface area contributed by atoms with E-state index in [1.807, 2.05) is 0 Å². The fourth-order valence-corrected chi connectivity index (χ4v) is 5.24. The van der Waals surface area contributed by atoms with E-state index in [1.165, 1.54) is 10.4 Å².